The van der Waals surface area contributed by atoms with Gasteiger partial charge < -0.3 is 14.4 Å². The number of hydrogen-bond donors (Lipinski definition) is 1. The van der Waals surface area contributed by atoms with E-state index in [4.69, 9.17) is 21.7 Å². The fourth-order valence-corrected chi connectivity index (χ4v) is 3.19. The van der Waals surface area contributed by atoms with Crippen LogP contribution in [0, 0.1) is 0 Å². The van der Waals surface area contributed by atoms with Gasteiger partial charge in [0.2, 0.25) is 0 Å². The summed E-state index contributed by atoms with van der Waals surface area (Å²) in [6, 6.07) is 17.3. The molecule has 0 atom stereocenters. The lowest BCUT2D eigenvalue weighted by molar-refractivity contribution is 0.0526. The van der Waals surface area contributed by atoms with Crippen molar-refractivity contribution in [2.75, 3.05) is 18.6 Å². The molecule has 0 unspecified atom stereocenters. The third kappa shape index (κ3) is 5.89. The maximum atomic E-state index is 12.7. The molecule has 0 aliphatic heterocycles. The molecule has 1 N–H and O–H groups in total. The van der Waals surface area contributed by atoms with Gasteiger partial charge in [0.25, 0.3) is 5.91 Å². The molecule has 0 aliphatic rings. The van der Waals surface area contributed by atoms with E-state index < -0.39 is 5.97 Å². The zero-order valence-electron chi connectivity index (χ0n) is 17.8. The summed E-state index contributed by atoms with van der Waals surface area (Å²) in [5.74, 6) is -0.0748. The first kappa shape index (κ1) is 22.9. The number of benzene rings is 2. The van der Waals surface area contributed by atoms with Crippen molar-refractivity contribution in [3.05, 3.63) is 89.7 Å². The molecule has 7 nitrogen and oxygen atoms in total. The summed E-state index contributed by atoms with van der Waals surface area (Å²) in [6.07, 6.45) is 3.42. The van der Waals surface area contributed by atoms with Gasteiger partial charge in [-0.3, -0.25) is 15.1 Å². The van der Waals surface area contributed by atoms with Gasteiger partial charge in [-0.15, -0.1) is 0 Å². The monoisotopic (exact) mass is 449 g/mol. The van der Waals surface area contributed by atoms with Crippen molar-refractivity contribution < 1.29 is 19.1 Å². The van der Waals surface area contributed by atoms with E-state index in [0.717, 1.165) is 5.56 Å². The number of methoxy groups -OCH3 is 1. The number of thiocarbonyl (C=S) groups is 1. The van der Waals surface area contributed by atoms with E-state index in [1.165, 1.54) is 0 Å². The van der Waals surface area contributed by atoms with Crippen LogP contribution in [0.15, 0.2) is 73.1 Å². The second kappa shape index (κ2) is 11.0. The minimum atomic E-state index is -0.395. The number of nitrogens with zero attached hydrogens (tertiary/aromatic N) is 2. The molecule has 0 saturated carbocycles. The number of hydrogen-bond acceptors (Lipinski definition) is 6. The molecule has 0 bridgehead atoms. The molecule has 1 aromatic heterocycles. The third-order valence-electron chi connectivity index (χ3n) is 4.57. The maximum absolute atomic E-state index is 12.7. The number of esters is 1. The molecule has 0 aliphatic carbocycles. The average molecular weight is 450 g/mol. The molecule has 3 aromatic rings. The van der Waals surface area contributed by atoms with Crippen molar-refractivity contribution in [1.82, 2.24) is 10.3 Å². The quantitative estimate of drug-likeness (QED) is 0.431. The minimum Gasteiger partial charge on any atom is -0.497 e. The van der Waals surface area contributed by atoms with Crippen LogP contribution in [0.4, 0.5) is 5.69 Å². The third-order valence-corrected chi connectivity index (χ3v) is 4.89. The van der Waals surface area contributed by atoms with Crippen molar-refractivity contribution in [3.63, 3.8) is 0 Å². The maximum Gasteiger partial charge on any atom is 0.338 e. The van der Waals surface area contributed by atoms with Gasteiger partial charge in [-0.05, 0) is 79.3 Å². The number of aromatic nitrogens is 1. The van der Waals surface area contributed by atoms with E-state index in [0.29, 0.717) is 35.7 Å². The van der Waals surface area contributed by atoms with Crippen LogP contribution in [0.3, 0.4) is 0 Å². The smallest absolute Gasteiger partial charge is 0.338 e. The van der Waals surface area contributed by atoms with Crippen LogP contribution < -0.4 is 15.0 Å². The summed E-state index contributed by atoms with van der Waals surface area (Å²) in [6.45, 7) is 2.44. The Morgan fingerprint density at radius 1 is 1.03 bits per heavy atom. The molecule has 1 heterocycles. The first-order valence-corrected chi connectivity index (χ1v) is 10.4. The highest BCUT2D eigenvalue weighted by atomic mass is 32.1. The SMILES string of the molecule is CCOC(=O)c1ccc(N(Cc2cccnc2)C(=S)NC(=O)c2ccc(OC)cc2)cc1. The molecular weight excluding hydrogens is 426 g/mol. The second-order valence-electron chi connectivity index (χ2n) is 6.70. The zero-order valence-corrected chi connectivity index (χ0v) is 18.6. The molecule has 1 amide bonds. The van der Waals surface area contributed by atoms with Gasteiger partial charge >= 0.3 is 5.97 Å². The van der Waals surface area contributed by atoms with Crippen LogP contribution in [0.25, 0.3) is 0 Å². The van der Waals surface area contributed by atoms with Crippen LogP contribution in [0.1, 0.15) is 33.2 Å². The Labute approximate surface area is 192 Å². The average Bonchev–Trinajstić information content (AvgIpc) is 2.83. The summed E-state index contributed by atoms with van der Waals surface area (Å²) >= 11 is 5.56. The summed E-state index contributed by atoms with van der Waals surface area (Å²) < 4.78 is 10.2. The molecule has 0 spiro atoms. The fraction of sp³-hybridized carbons (Fsp3) is 0.167. The van der Waals surface area contributed by atoms with Crippen LogP contribution in [-0.2, 0) is 11.3 Å². The molecule has 32 heavy (non-hydrogen) atoms. The van der Waals surface area contributed by atoms with Gasteiger partial charge in [0, 0.05) is 23.6 Å². The Hall–Kier alpha value is -3.78. The number of pyridine rings is 1. The van der Waals surface area contributed by atoms with E-state index in [1.807, 2.05) is 12.1 Å². The van der Waals surface area contributed by atoms with Gasteiger partial charge in [-0.2, -0.15) is 0 Å². The van der Waals surface area contributed by atoms with Gasteiger partial charge in [0.05, 0.1) is 25.8 Å². The number of carbonyl (C=O) groups excluding carboxylic acids is 2. The molecular formula is C24H23N3O4S. The van der Waals surface area contributed by atoms with Crippen molar-refractivity contribution in [1.29, 1.82) is 0 Å². The molecule has 0 fully saturated rings. The first-order chi connectivity index (χ1) is 15.5. The Morgan fingerprint density at radius 2 is 1.72 bits per heavy atom. The number of rotatable bonds is 7. The Kier molecular flexibility index (Phi) is 7.88. The number of carbonyl (C=O) groups is 2. The van der Waals surface area contributed by atoms with E-state index in [1.54, 1.807) is 79.9 Å². The Morgan fingerprint density at radius 3 is 2.31 bits per heavy atom. The van der Waals surface area contributed by atoms with Gasteiger partial charge in [0.1, 0.15) is 5.75 Å². The number of ether oxygens (including phenoxy) is 2. The van der Waals surface area contributed by atoms with Crippen molar-refractivity contribution in [2.24, 2.45) is 0 Å². The van der Waals surface area contributed by atoms with E-state index in [2.05, 4.69) is 10.3 Å². The Balaban J connectivity index is 1.82. The summed E-state index contributed by atoms with van der Waals surface area (Å²) in [4.78, 5) is 30.6. The molecule has 8 heteroatoms. The standard InChI is InChI=1S/C24H23N3O4S/c1-3-31-23(29)19-6-10-20(11-7-19)27(16-17-5-4-14-25-15-17)24(32)26-22(28)18-8-12-21(30-2)13-9-18/h4-15H,3,16H2,1-2H3,(H,26,28,32). The van der Waals surface area contributed by atoms with Gasteiger partial charge in [-0.25, -0.2) is 4.79 Å². The van der Waals surface area contributed by atoms with Crippen LogP contribution >= 0.6 is 12.2 Å². The molecule has 0 radical (unpaired) electrons. The second-order valence-corrected chi connectivity index (χ2v) is 7.09. The van der Waals surface area contributed by atoms with Gasteiger partial charge in [0.15, 0.2) is 5.11 Å². The van der Waals surface area contributed by atoms with Crippen molar-refractivity contribution in [3.8, 4) is 5.75 Å². The van der Waals surface area contributed by atoms with Crippen molar-refractivity contribution >= 4 is 34.9 Å². The molecule has 2 aromatic carbocycles. The largest absolute Gasteiger partial charge is 0.497 e. The van der Waals surface area contributed by atoms with Gasteiger partial charge in [-0.1, -0.05) is 6.07 Å². The first-order valence-electron chi connectivity index (χ1n) is 9.94. The van der Waals surface area contributed by atoms with Crippen LogP contribution in [0.2, 0.25) is 0 Å². The molecule has 164 valence electrons. The minimum absolute atomic E-state index is 0.221. The van der Waals surface area contributed by atoms with Crippen LogP contribution in [-0.4, -0.2) is 35.7 Å². The number of nitrogens with one attached hydrogen (secondary N) is 1. The lowest BCUT2D eigenvalue weighted by Gasteiger charge is -2.26. The topological polar surface area (TPSA) is 80.8 Å². The van der Waals surface area contributed by atoms with Crippen LogP contribution in [0.5, 0.6) is 5.75 Å². The van der Waals surface area contributed by atoms with E-state index in [9.17, 15) is 9.59 Å². The van der Waals surface area contributed by atoms with E-state index in [-0.39, 0.29) is 11.0 Å². The van der Waals surface area contributed by atoms with E-state index >= 15 is 0 Å². The highest BCUT2D eigenvalue weighted by Gasteiger charge is 2.17. The summed E-state index contributed by atoms with van der Waals surface area (Å²) in [7, 11) is 1.56. The zero-order chi connectivity index (χ0) is 22.9. The highest BCUT2D eigenvalue weighted by molar-refractivity contribution is 7.80. The summed E-state index contributed by atoms with van der Waals surface area (Å²) in [5.41, 5.74) is 2.50. The lowest BCUT2D eigenvalue weighted by Crippen LogP contribution is -2.42. The predicted octanol–water partition coefficient (Wildman–Crippen LogP) is 3.99. The number of anilines is 1. The Bertz CT molecular complexity index is 1070. The summed E-state index contributed by atoms with van der Waals surface area (Å²) in [5, 5.41) is 3.00. The molecule has 3 rings (SSSR count). The van der Waals surface area contributed by atoms with Crippen molar-refractivity contribution in [2.45, 2.75) is 13.5 Å². The number of amides is 1. The highest BCUT2D eigenvalue weighted by Crippen LogP contribution is 2.19. The fourth-order valence-electron chi connectivity index (χ4n) is 2.93. The predicted molar refractivity (Wildman–Crippen MR) is 126 cm³/mol. The molecule has 0 saturated heterocycles. The lowest BCUT2D eigenvalue weighted by atomic mass is 10.2. The normalized spacial score (nSPS) is 10.2.